The lowest BCUT2D eigenvalue weighted by Gasteiger charge is -2.46. The van der Waals surface area contributed by atoms with Crippen molar-refractivity contribution in [2.75, 3.05) is 0 Å². The van der Waals surface area contributed by atoms with Gasteiger partial charge in [-0.15, -0.1) is 0 Å². The number of cyclic esters (lactones) is 1. The molecular formula is C35H41NO5Si. The Morgan fingerprint density at radius 1 is 0.881 bits per heavy atom. The van der Waals surface area contributed by atoms with Crippen LogP contribution in [0.25, 0.3) is 6.08 Å². The first-order valence-corrected chi connectivity index (χ1v) is 16.6. The summed E-state index contributed by atoms with van der Waals surface area (Å²) in [5.74, 6) is -0.404. The molecule has 3 aromatic rings. The molecule has 0 N–H and O–H groups in total. The van der Waals surface area contributed by atoms with Gasteiger partial charge >= 0.3 is 12.1 Å². The number of fused-ring (bicyclic) bond motifs is 1. The van der Waals surface area contributed by atoms with E-state index in [1.54, 1.807) is 0 Å². The first-order valence-electron chi connectivity index (χ1n) is 14.6. The monoisotopic (exact) mass is 583 g/mol. The molecule has 1 amide bonds. The number of amides is 1. The molecular weight excluding hydrogens is 542 g/mol. The van der Waals surface area contributed by atoms with Crippen molar-refractivity contribution in [3.8, 4) is 0 Å². The van der Waals surface area contributed by atoms with E-state index in [1.165, 1.54) is 4.90 Å². The number of hydrogen-bond donors (Lipinski definition) is 0. The van der Waals surface area contributed by atoms with Gasteiger partial charge in [0.25, 0.3) is 8.32 Å². The summed E-state index contributed by atoms with van der Waals surface area (Å²) in [6.45, 7) is 12.1. The largest absolute Gasteiger partial charge is 0.456 e. The summed E-state index contributed by atoms with van der Waals surface area (Å²) in [4.78, 5) is 27.7. The molecule has 0 radical (unpaired) electrons. The first-order chi connectivity index (χ1) is 19.9. The highest BCUT2D eigenvalue weighted by Gasteiger charge is 2.69. The molecule has 2 fully saturated rings. The minimum atomic E-state index is -2.99. The fourth-order valence-corrected chi connectivity index (χ4v) is 10.7. The molecule has 7 heteroatoms. The van der Waals surface area contributed by atoms with E-state index in [-0.39, 0.29) is 5.04 Å². The standard InChI is InChI=1S/C35H41NO5Si/c1-34(2,3)40-33(38)36-29-30(36)32(37)39-31(29)28(24-16-19-25-17-10-7-11-18-25)41-42(35(4,5)6,26-20-12-8-13-21-26)27-22-14-9-15-23-27/h7-23,28-31H,24H2,1-6H3/b19-16+/t28-,29-,30+,31+,36?/m0/s1. The smallest absolute Gasteiger partial charge is 0.411 e. The summed E-state index contributed by atoms with van der Waals surface area (Å²) >= 11 is 0. The molecule has 4 atom stereocenters. The van der Waals surface area contributed by atoms with Gasteiger partial charge < -0.3 is 13.9 Å². The Hall–Kier alpha value is -3.68. The number of hydrogen-bond acceptors (Lipinski definition) is 5. The third kappa shape index (κ3) is 5.94. The molecule has 0 bridgehead atoms. The van der Waals surface area contributed by atoms with Crippen molar-refractivity contribution in [2.24, 2.45) is 0 Å². The fraction of sp³-hybridized carbons (Fsp3) is 0.371. The third-order valence-electron chi connectivity index (χ3n) is 7.88. The molecule has 6 nitrogen and oxygen atoms in total. The quantitative estimate of drug-likeness (QED) is 0.186. The minimum Gasteiger partial charge on any atom is -0.456 e. The zero-order chi connectivity index (χ0) is 30.1. The van der Waals surface area contributed by atoms with Crippen LogP contribution in [0.15, 0.2) is 97.1 Å². The third-order valence-corrected chi connectivity index (χ3v) is 12.9. The van der Waals surface area contributed by atoms with Crippen molar-refractivity contribution in [1.82, 2.24) is 4.90 Å². The van der Waals surface area contributed by atoms with Crippen LogP contribution in [0.1, 0.15) is 53.5 Å². The van der Waals surface area contributed by atoms with Crippen LogP contribution < -0.4 is 10.4 Å². The zero-order valence-corrected chi connectivity index (χ0v) is 26.3. The van der Waals surface area contributed by atoms with E-state index in [0.717, 1.165) is 15.9 Å². The van der Waals surface area contributed by atoms with E-state index < -0.39 is 50.3 Å². The van der Waals surface area contributed by atoms with Crippen LogP contribution in [0.5, 0.6) is 0 Å². The summed E-state index contributed by atoms with van der Waals surface area (Å²) in [5.41, 5.74) is 0.404. The van der Waals surface area contributed by atoms with Gasteiger partial charge in [0.05, 0.1) is 6.10 Å². The SMILES string of the molecule is CC(C)(C)OC(=O)N1[C@@H]2[C@@H]([C@H](C/C=C/c3ccccc3)O[Si](c3ccccc3)(c3ccccc3)C(C)(C)C)OC(=O)[C@@H]21. The number of rotatable bonds is 8. The summed E-state index contributed by atoms with van der Waals surface area (Å²) in [6.07, 6.45) is 3.03. The van der Waals surface area contributed by atoms with Crippen molar-refractivity contribution < 1.29 is 23.5 Å². The van der Waals surface area contributed by atoms with E-state index in [4.69, 9.17) is 13.9 Å². The normalized spacial score (nSPS) is 21.1. The second kappa shape index (κ2) is 11.5. The fourth-order valence-electron chi connectivity index (χ4n) is 6.03. The van der Waals surface area contributed by atoms with Gasteiger partial charge in [-0.2, -0.15) is 0 Å². The minimum absolute atomic E-state index is 0.270. The highest BCUT2D eigenvalue weighted by atomic mass is 28.4. The predicted molar refractivity (Wildman–Crippen MR) is 168 cm³/mol. The number of benzene rings is 3. The Morgan fingerprint density at radius 3 is 1.90 bits per heavy atom. The number of ether oxygens (including phenoxy) is 2. The van der Waals surface area contributed by atoms with Crippen LogP contribution in [0.3, 0.4) is 0 Å². The molecule has 2 saturated heterocycles. The highest BCUT2D eigenvalue weighted by Crippen LogP contribution is 2.45. The van der Waals surface area contributed by atoms with Gasteiger partial charge in [0.15, 0.2) is 12.1 Å². The summed E-state index contributed by atoms with van der Waals surface area (Å²) < 4.78 is 19.1. The van der Waals surface area contributed by atoms with Gasteiger partial charge in [0.2, 0.25) is 0 Å². The Bertz CT molecular complexity index is 1370. The van der Waals surface area contributed by atoms with E-state index in [0.29, 0.717) is 6.42 Å². The predicted octanol–water partition coefficient (Wildman–Crippen LogP) is 5.95. The number of carbonyl (C=O) groups is 2. The molecule has 5 rings (SSSR count). The summed E-state index contributed by atoms with van der Waals surface area (Å²) in [7, 11) is -2.99. The van der Waals surface area contributed by atoms with Crippen LogP contribution in [0.4, 0.5) is 4.79 Å². The lowest BCUT2D eigenvalue weighted by Crippen LogP contribution is -2.68. The van der Waals surface area contributed by atoms with Gasteiger partial charge in [-0.1, -0.05) is 124 Å². The Kier molecular flexibility index (Phi) is 8.18. The molecule has 0 unspecified atom stereocenters. The maximum absolute atomic E-state index is 13.1. The molecule has 0 aromatic heterocycles. The average Bonchev–Trinajstić information content (AvgIpc) is 3.61. The average molecular weight is 584 g/mol. The highest BCUT2D eigenvalue weighted by molar-refractivity contribution is 6.99. The molecule has 0 spiro atoms. The number of nitrogens with zero attached hydrogens (tertiary/aromatic N) is 1. The van der Waals surface area contributed by atoms with Crippen LogP contribution in [0, 0.1) is 0 Å². The second-order valence-electron chi connectivity index (χ2n) is 13.1. The lowest BCUT2D eigenvalue weighted by molar-refractivity contribution is -0.150. The molecule has 3 aromatic carbocycles. The van der Waals surface area contributed by atoms with Crippen molar-refractivity contribution in [3.05, 3.63) is 103 Å². The summed E-state index contributed by atoms with van der Waals surface area (Å²) in [5, 5.41) is 2.01. The Morgan fingerprint density at radius 2 is 1.40 bits per heavy atom. The Balaban J connectivity index is 1.56. The summed E-state index contributed by atoms with van der Waals surface area (Å²) in [6, 6.07) is 29.8. The second-order valence-corrected chi connectivity index (χ2v) is 17.3. The van der Waals surface area contributed by atoms with Gasteiger partial charge in [-0.25, -0.2) is 9.59 Å². The molecule has 2 aliphatic rings. The number of carbonyl (C=O) groups excluding carboxylic acids is 2. The van der Waals surface area contributed by atoms with Crippen LogP contribution >= 0.6 is 0 Å². The maximum Gasteiger partial charge on any atom is 0.411 e. The van der Waals surface area contributed by atoms with Crippen LogP contribution in [-0.4, -0.2) is 55.2 Å². The number of esters is 1. The van der Waals surface area contributed by atoms with Gasteiger partial charge in [-0.3, -0.25) is 4.90 Å². The van der Waals surface area contributed by atoms with Crippen molar-refractivity contribution >= 4 is 36.8 Å². The molecule has 0 saturated carbocycles. The topological polar surface area (TPSA) is 64.8 Å². The van der Waals surface area contributed by atoms with Gasteiger partial charge in [0, 0.05) is 0 Å². The molecule has 220 valence electrons. The maximum atomic E-state index is 13.1. The van der Waals surface area contributed by atoms with Crippen molar-refractivity contribution in [3.63, 3.8) is 0 Å². The number of morpholine rings is 1. The lowest BCUT2D eigenvalue weighted by atomic mass is 10.1. The Labute approximate surface area is 250 Å². The molecule has 2 heterocycles. The van der Waals surface area contributed by atoms with Gasteiger partial charge in [0.1, 0.15) is 11.6 Å². The van der Waals surface area contributed by atoms with E-state index >= 15 is 0 Å². The van der Waals surface area contributed by atoms with Crippen molar-refractivity contribution in [1.29, 1.82) is 0 Å². The molecule has 0 aliphatic carbocycles. The molecule has 2 aliphatic heterocycles. The van der Waals surface area contributed by atoms with E-state index in [1.807, 2.05) is 63.2 Å². The van der Waals surface area contributed by atoms with E-state index in [2.05, 4.69) is 81.5 Å². The van der Waals surface area contributed by atoms with Crippen LogP contribution in [0.2, 0.25) is 5.04 Å². The van der Waals surface area contributed by atoms with Gasteiger partial charge in [-0.05, 0) is 48.2 Å². The van der Waals surface area contributed by atoms with Crippen molar-refractivity contribution in [2.45, 2.75) is 82.9 Å². The van der Waals surface area contributed by atoms with Crippen LogP contribution in [-0.2, 0) is 18.7 Å². The van der Waals surface area contributed by atoms with E-state index in [9.17, 15) is 9.59 Å². The first kappa shape index (κ1) is 29.8. The zero-order valence-electron chi connectivity index (χ0n) is 25.3. The molecule has 42 heavy (non-hydrogen) atoms.